The zero-order valence-electron chi connectivity index (χ0n) is 13.4. The first-order chi connectivity index (χ1) is 10.9. The first-order valence-corrected chi connectivity index (χ1v) is 7.42. The Balaban J connectivity index is 2.08. The van der Waals surface area contributed by atoms with Crippen molar-refractivity contribution in [3.05, 3.63) is 27.2 Å². The SMILES string of the molecule is C[C@H](C(=O)N1CCOCC1)n1cnc2c1c(=O)n(C)c(=O)n2C. The zero-order valence-corrected chi connectivity index (χ0v) is 13.4. The molecule has 0 spiro atoms. The van der Waals surface area contributed by atoms with Gasteiger partial charge in [-0.1, -0.05) is 0 Å². The number of carbonyl (C=O) groups excluding carboxylic acids is 1. The number of amides is 1. The maximum atomic E-state index is 12.6. The lowest BCUT2D eigenvalue weighted by molar-refractivity contribution is -0.138. The normalized spacial score (nSPS) is 16.7. The highest BCUT2D eigenvalue weighted by Gasteiger charge is 2.26. The summed E-state index contributed by atoms with van der Waals surface area (Å²) in [4.78, 5) is 42.9. The van der Waals surface area contributed by atoms with Crippen LogP contribution in [0.3, 0.4) is 0 Å². The summed E-state index contributed by atoms with van der Waals surface area (Å²) in [6, 6.07) is -0.580. The number of hydrogen-bond donors (Lipinski definition) is 0. The van der Waals surface area contributed by atoms with Crippen molar-refractivity contribution in [3.8, 4) is 0 Å². The minimum atomic E-state index is -0.580. The van der Waals surface area contributed by atoms with Gasteiger partial charge in [-0.25, -0.2) is 9.78 Å². The summed E-state index contributed by atoms with van der Waals surface area (Å²) >= 11 is 0. The predicted molar refractivity (Wildman–Crippen MR) is 82.3 cm³/mol. The highest BCUT2D eigenvalue weighted by Crippen LogP contribution is 2.16. The van der Waals surface area contributed by atoms with E-state index in [0.717, 1.165) is 4.57 Å². The third-order valence-electron chi connectivity index (χ3n) is 4.27. The number of aryl methyl sites for hydroxylation is 1. The highest BCUT2D eigenvalue weighted by molar-refractivity contribution is 5.82. The molecule has 2 aromatic heterocycles. The number of imidazole rings is 1. The van der Waals surface area contributed by atoms with Gasteiger partial charge in [0, 0.05) is 27.2 Å². The third-order valence-corrected chi connectivity index (χ3v) is 4.27. The van der Waals surface area contributed by atoms with Crippen LogP contribution in [-0.2, 0) is 23.6 Å². The van der Waals surface area contributed by atoms with Crippen molar-refractivity contribution in [1.29, 1.82) is 0 Å². The van der Waals surface area contributed by atoms with E-state index in [0.29, 0.717) is 26.3 Å². The van der Waals surface area contributed by atoms with Gasteiger partial charge < -0.3 is 14.2 Å². The van der Waals surface area contributed by atoms with Gasteiger partial charge in [0.05, 0.1) is 19.5 Å². The summed E-state index contributed by atoms with van der Waals surface area (Å²) < 4.78 is 9.11. The second kappa shape index (κ2) is 5.65. The number of nitrogens with zero attached hydrogens (tertiary/aromatic N) is 5. The lowest BCUT2D eigenvalue weighted by Crippen LogP contribution is -2.44. The fourth-order valence-electron chi connectivity index (χ4n) is 2.82. The summed E-state index contributed by atoms with van der Waals surface area (Å²) in [6.45, 7) is 3.82. The standard InChI is InChI=1S/C14H19N5O4/c1-9(12(20)18-4-6-23-7-5-18)19-8-15-11-10(19)13(21)17(3)14(22)16(11)2/h8-9H,4-7H2,1-3H3/t9-/m1/s1. The van der Waals surface area contributed by atoms with E-state index in [1.807, 2.05) is 0 Å². The molecule has 0 bridgehead atoms. The van der Waals surface area contributed by atoms with E-state index in [1.54, 1.807) is 18.9 Å². The fourth-order valence-corrected chi connectivity index (χ4v) is 2.82. The van der Waals surface area contributed by atoms with Gasteiger partial charge in [-0.15, -0.1) is 0 Å². The highest BCUT2D eigenvalue weighted by atomic mass is 16.5. The van der Waals surface area contributed by atoms with Crippen LogP contribution in [0, 0.1) is 0 Å². The molecular formula is C14H19N5O4. The average molecular weight is 321 g/mol. The Morgan fingerprint density at radius 1 is 1.22 bits per heavy atom. The van der Waals surface area contributed by atoms with Gasteiger partial charge in [0.15, 0.2) is 11.2 Å². The molecule has 3 heterocycles. The maximum Gasteiger partial charge on any atom is 0.332 e. The zero-order chi connectivity index (χ0) is 16.7. The van der Waals surface area contributed by atoms with Crippen LogP contribution in [0.4, 0.5) is 0 Å². The topological polar surface area (TPSA) is 91.4 Å². The third kappa shape index (κ3) is 2.37. The molecule has 1 atom stereocenters. The van der Waals surface area contributed by atoms with Gasteiger partial charge in [0.1, 0.15) is 6.04 Å². The maximum absolute atomic E-state index is 12.6. The predicted octanol–water partition coefficient (Wildman–Crippen LogP) is -1.15. The smallest absolute Gasteiger partial charge is 0.332 e. The molecule has 1 aliphatic rings. The Morgan fingerprint density at radius 2 is 1.87 bits per heavy atom. The molecule has 2 aromatic rings. The molecule has 9 nitrogen and oxygen atoms in total. The van der Waals surface area contributed by atoms with Gasteiger partial charge in [0.25, 0.3) is 5.56 Å². The number of rotatable bonds is 2. The molecule has 0 aliphatic carbocycles. The first kappa shape index (κ1) is 15.5. The molecule has 9 heteroatoms. The first-order valence-electron chi connectivity index (χ1n) is 7.42. The Morgan fingerprint density at radius 3 is 2.52 bits per heavy atom. The fraction of sp³-hybridized carbons (Fsp3) is 0.571. The van der Waals surface area contributed by atoms with Crippen molar-refractivity contribution < 1.29 is 9.53 Å². The molecule has 1 fully saturated rings. The van der Waals surface area contributed by atoms with Gasteiger partial charge in [-0.2, -0.15) is 0 Å². The molecular weight excluding hydrogens is 302 g/mol. The van der Waals surface area contributed by atoms with Crippen molar-refractivity contribution in [3.63, 3.8) is 0 Å². The second-order valence-electron chi connectivity index (χ2n) is 5.64. The van der Waals surface area contributed by atoms with Gasteiger partial charge in [-0.05, 0) is 6.92 Å². The summed E-state index contributed by atoms with van der Waals surface area (Å²) in [5.41, 5.74) is -0.370. The molecule has 0 saturated carbocycles. The molecule has 1 aliphatic heterocycles. The van der Waals surface area contributed by atoms with Crippen LogP contribution < -0.4 is 11.2 Å². The molecule has 0 N–H and O–H groups in total. The van der Waals surface area contributed by atoms with Crippen molar-refractivity contribution in [1.82, 2.24) is 23.6 Å². The van der Waals surface area contributed by atoms with Crippen LogP contribution >= 0.6 is 0 Å². The van der Waals surface area contributed by atoms with Crippen LogP contribution in [0.15, 0.2) is 15.9 Å². The van der Waals surface area contributed by atoms with Crippen molar-refractivity contribution in [2.24, 2.45) is 14.1 Å². The number of aromatic nitrogens is 4. The number of carbonyl (C=O) groups is 1. The Bertz CT molecular complexity index is 872. The summed E-state index contributed by atoms with van der Waals surface area (Å²) in [5, 5.41) is 0. The van der Waals surface area contributed by atoms with Crippen LogP contribution in [0.1, 0.15) is 13.0 Å². The number of hydrogen-bond acceptors (Lipinski definition) is 5. The molecule has 0 unspecified atom stereocenters. The molecule has 1 amide bonds. The number of morpholine rings is 1. The van der Waals surface area contributed by atoms with E-state index in [4.69, 9.17) is 4.74 Å². The number of fused-ring (bicyclic) bond motifs is 1. The Kier molecular flexibility index (Phi) is 3.80. The molecule has 124 valence electrons. The molecule has 1 saturated heterocycles. The molecule has 23 heavy (non-hydrogen) atoms. The van der Waals surface area contributed by atoms with Crippen LogP contribution in [0.5, 0.6) is 0 Å². The second-order valence-corrected chi connectivity index (χ2v) is 5.64. The van der Waals surface area contributed by atoms with E-state index in [2.05, 4.69) is 4.98 Å². The minimum Gasteiger partial charge on any atom is -0.378 e. The van der Waals surface area contributed by atoms with Crippen molar-refractivity contribution >= 4 is 17.1 Å². The van der Waals surface area contributed by atoms with Gasteiger partial charge in [-0.3, -0.25) is 18.7 Å². The average Bonchev–Trinajstić information content (AvgIpc) is 3.02. The molecule has 0 aromatic carbocycles. The monoisotopic (exact) mass is 321 g/mol. The summed E-state index contributed by atoms with van der Waals surface area (Å²) in [6.07, 6.45) is 1.44. The lowest BCUT2D eigenvalue weighted by atomic mass is 10.2. The van der Waals surface area contributed by atoms with E-state index in [1.165, 1.54) is 22.5 Å². The van der Waals surface area contributed by atoms with E-state index < -0.39 is 17.3 Å². The van der Waals surface area contributed by atoms with Crippen LogP contribution in [0.25, 0.3) is 11.2 Å². The van der Waals surface area contributed by atoms with E-state index in [9.17, 15) is 14.4 Å². The summed E-state index contributed by atoms with van der Waals surface area (Å²) in [7, 11) is 2.96. The van der Waals surface area contributed by atoms with E-state index in [-0.39, 0.29) is 17.1 Å². The molecule has 3 rings (SSSR count). The quantitative estimate of drug-likeness (QED) is 0.697. The van der Waals surface area contributed by atoms with Gasteiger partial charge >= 0.3 is 5.69 Å². The number of ether oxygens (including phenoxy) is 1. The van der Waals surface area contributed by atoms with Crippen molar-refractivity contribution in [2.75, 3.05) is 26.3 Å². The summed E-state index contributed by atoms with van der Waals surface area (Å²) in [5.74, 6) is -0.0940. The van der Waals surface area contributed by atoms with Crippen LogP contribution in [-0.4, -0.2) is 55.8 Å². The van der Waals surface area contributed by atoms with Crippen molar-refractivity contribution in [2.45, 2.75) is 13.0 Å². The van der Waals surface area contributed by atoms with E-state index >= 15 is 0 Å². The minimum absolute atomic E-state index is 0.0940. The van der Waals surface area contributed by atoms with Gasteiger partial charge in [0.2, 0.25) is 5.91 Å². The Hall–Kier alpha value is -2.42. The lowest BCUT2D eigenvalue weighted by Gasteiger charge is -2.29. The largest absolute Gasteiger partial charge is 0.378 e. The van der Waals surface area contributed by atoms with Crippen LogP contribution in [0.2, 0.25) is 0 Å². The molecule has 0 radical (unpaired) electrons. The Labute approximate surface area is 131 Å².